The van der Waals surface area contributed by atoms with Crippen molar-refractivity contribution in [3.63, 3.8) is 0 Å². The van der Waals surface area contributed by atoms with Crippen molar-refractivity contribution in [2.24, 2.45) is 0 Å². The Hall–Kier alpha value is -1.81. The van der Waals surface area contributed by atoms with Gasteiger partial charge in [0.15, 0.2) is 6.61 Å². The van der Waals surface area contributed by atoms with Crippen molar-refractivity contribution >= 4 is 21.8 Å². The number of amides is 1. The van der Waals surface area contributed by atoms with Gasteiger partial charge in [0.2, 0.25) is 0 Å². The maximum absolute atomic E-state index is 12.3. The summed E-state index contributed by atoms with van der Waals surface area (Å²) in [5.74, 6) is 1.07. The fraction of sp³-hybridized carbons (Fsp3) is 0.381. The van der Waals surface area contributed by atoms with E-state index in [0.717, 1.165) is 23.7 Å². The molecule has 25 heavy (non-hydrogen) atoms. The summed E-state index contributed by atoms with van der Waals surface area (Å²) in [5, 5.41) is 3.12. The molecule has 0 saturated carbocycles. The van der Waals surface area contributed by atoms with E-state index in [2.05, 4.69) is 59.4 Å². The number of halogens is 1. The van der Waals surface area contributed by atoms with Crippen LogP contribution >= 0.6 is 15.9 Å². The van der Waals surface area contributed by atoms with Crippen LogP contribution in [-0.2, 0) is 11.2 Å². The van der Waals surface area contributed by atoms with Crippen LogP contribution in [0.5, 0.6) is 5.75 Å². The van der Waals surface area contributed by atoms with Crippen LogP contribution in [0.3, 0.4) is 0 Å². The lowest BCUT2D eigenvalue weighted by Crippen LogP contribution is -2.34. The Morgan fingerprint density at radius 2 is 2.08 bits per heavy atom. The average molecular weight is 402 g/mol. The van der Waals surface area contributed by atoms with Crippen molar-refractivity contribution in [1.29, 1.82) is 0 Å². The molecule has 0 aliphatic heterocycles. The molecule has 0 saturated heterocycles. The molecule has 0 radical (unpaired) electrons. The molecule has 3 rings (SSSR count). The molecule has 0 heterocycles. The quantitative estimate of drug-likeness (QED) is 0.752. The molecular weight excluding hydrogens is 378 g/mol. The lowest BCUT2D eigenvalue weighted by atomic mass is 9.88. The first-order valence-electron chi connectivity index (χ1n) is 8.84. The Labute approximate surface area is 157 Å². The third-order valence-electron chi connectivity index (χ3n) is 4.69. The van der Waals surface area contributed by atoms with Crippen molar-refractivity contribution in [1.82, 2.24) is 5.32 Å². The van der Waals surface area contributed by atoms with Crippen LogP contribution in [0, 0.1) is 0 Å². The summed E-state index contributed by atoms with van der Waals surface area (Å²) in [5.41, 5.74) is 3.82. The first kappa shape index (κ1) is 18.0. The van der Waals surface area contributed by atoms with Crippen LogP contribution in [0.2, 0.25) is 0 Å². The Kier molecular flexibility index (Phi) is 5.79. The van der Waals surface area contributed by atoms with Gasteiger partial charge < -0.3 is 10.1 Å². The van der Waals surface area contributed by atoms with E-state index in [1.807, 2.05) is 18.2 Å². The van der Waals surface area contributed by atoms with Crippen LogP contribution in [0.1, 0.15) is 55.3 Å². The summed E-state index contributed by atoms with van der Waals surface area (Å²) in [7, 11) is 0. The van der Waals surface area contributed by atoms with Crippen LogP contribution in [0.4, 0.5) is 0 Å². The number of benzene rings is 2. The summed E-state index contributed by atoms with van der Waals surface area (Å²) in [6.07, 6.45) is 3.18. The second kappa shape index (κ2) is 8.05. The second-order valence-electron chi connectivity index (χ2n) is 6.84. The number of nitrogens with one attached hydrogen (secondary N) is 1. The predicted octanol–water partition coefficient (Wildman–Crippen LogP) is 5.15. The van der Waals surface area contributed by atoms with Crippen molar-refractivity contribution in [3.8, 4) is 5.75 Å². The van der Waals surface area contributed by atoms with E-state index in [-0.39, 0.29) is 18.6 Å². The molecule has 4 heteroatoms. The van der Waals surface area contributed by atoms with Gasteiger partial charge in [0.25, 0.3) is 5.91 Å². The van der Waals surface area contributed by atoms with Gasteiger partial charge in [-0.1, -0.05) is 44.2 Å². The number of ether oxygens (including phenoxy) is 1. The van der Waals surface area contributed by atoms with E-state index >= 15 is 0 Å². The minimum Gasteiger partial charge on any atom is -0.483 e. The Morgan fingerprint density at radius 3 is 2.84 bits per heavy atom. The highest BCUT2D eigenvalue weighted by Gasteiger charge is 2.21. The topological polar surface area (TPSA) is 38.3 Å². The van der Waals surface area contributed by atoms with Gasteiger partial charge in [-0.3, -0.25) is 4.79 Å². The predicted molar refractivity (Wildman–Crippen MR) is 104 cm³/mol. The lowest BCUT2D eigenvalue weighted by Gasteiger charge is -2.26. The molecule has 1 N–H and O–H groups in total. The molecule has 132 valence electrons. The number of carbonyl (C=O) groups excluding carboxylic acids is 1. The van der Waals surface area contributed by atoms with E-state index in [9.17, 15) is 4.79 Å². The SMILES string of the molecule is CC(C)c1ccc(OCC(=O)N[C@H]2CCCc3ccccc32)c(Br)c1. The smallest absolute Gasteiger partial charge is 0.258 e. The summed E-state index contributed by atoms with van der Waals surface area (Å²) >= 11 is 3.53. The van der Waals surface area contributed by atoms with Gasteiger partial charge in [-0.2, -0.15) is 0 Å². The van der Waals surface area contributed by atoms with Gasteiger partial charge >= 0.3 is 0 Å². The zero-order chi connectivity index (χ0) is 17.8. The Bertz CT molecular complexity index is 757. The summed E-state index contributed by atoms with van der Waals surface area (Å²) in [6.45, 7) is 4.33. The molecule has 1 atom stereocenters. The Balaban J connectivity index is 1.59. The molecule has 2 aromatic carbocycles. The van der Waals surface area contributed by atoms with Crippen LogP contribution < -0.4 is 10.1 Å². The first-order valence-corrected chi connectivity index (χ1v) is 9.63. The van der Waals surface area contributed by atoms with Crippen molar-refractivity contribution in [2.75, 3.05) is 6.61 Å². The fourth-order valence-corrected chi connectivity index (χ4v) is 3.79. The molecule has 3 nitrogen and oxygen atoms in total. The molecule has 1 amide bonds. The largest absolute Gasteiger partial charge is 0.483 e. The minimum atomic E-state index is -0.0819. The average Bonchev–Trinajstić information content (AvgIpc) is 2.61. The van der Waals surface area contributed by atoms with Crippen molar-refractivity contribution in [3.05, 3.63) is 63.6 Å². The van der Waals surface area contributed by atoms with Crippen LogP contribution in [-0.4, -0.2) is 12.5 Å². The molecule has 0 fully saturated rings. The van der Waals surface area contributed by atoms with Crippen molar-refractivity contribution in [2.45, 2.75) is 45.1 Å². The summed E-state index contributed by atoms with van der Waals surface area (Å²) in [6, 6.07) is 14.5. The monoisotopic (exact) mass is 401 g/mol. The second-order valence-corrected chi connectivity index (χ2v) is 7.70. The van der Waals surface area contributed by atoms with Gasteiger partial charge in [0.1, 0.15) is 5.75 Å². The maximum Gasteiger partial charge on any atom is 0.258 e. The van der Waals surface area contributed by atoms with Gasteiger partial charge in [0.05, 0.1) is 10.5 Å². The molecule has 0 spiro atoms. The van der Waals surface area contributed by atoms with Gasteiger partial charge in [0, 0.05) is 0 Å². The molecular formula is C21H24BrNO2. The third kappa shape index (κ3) is 4.43. The van der Waals surface area contributed by atoms with E-state index < -0.39 is 0 Å². The van der Waals surface area contributed by atoms with Crippen LogP contribution in [0.25, 0.3) is 0 Å². The van der Waals surface area contributed by atoms with E-state index in [1.54, 1.807) is 0 Å². The number of fused-ring (bicyclic) bond motifs is 1. The third-order valence-corrected chi connectivity index (χ3v) is 5.31. The number of carbonyl (C=O) groups is 1. The molecule has 0 unspecified atom stereocenters. The summed E-state index contributed by atoms with van der Waals surface area (Å²) in [4.78, 5) is 12.3. The fourth-order valence-electron chi connectivity index (χ4n) is 3.28. The molecule has 0 aromatic heterocycles. The Morgan fingerprint density at radius 1 is 1.28 bits per heavy atom. The lowest BCUT2D eigenvalue weighted by molar-refractivity contribution is -0.124. The standard InChI is InChI=1S/C21H24BrNO2/c1-14(2)16-10-11-20(18(22)12-16)25-13-21(24)23-19-9-5-7-15-6-3-4-8-17(15)19/h3-4,6,8,10-12,14,19H,5,7,9,13H2,1-2H3,(H,23,24)/t19-/m0/s1. The highest BCUT2D eigenvalue weighted by molar-refractivity contribution is 9.10. The maximum atomic E-state index is 12.3. The van der Waals surface area contributed by atoms with E-state index in [1.165, 1.54) is 16.7 Å². The van der Waals surface area contributed by atoms with Crippen molar-refractivity contribution < 1.29 is 9.53 Å². The minimum absolute atomic E-state index is 0.0261. The number of rotatable bonds is 5. The van der Waals surface area contributed by atoms with Gasteiger partial charge in [-0.15, -0.1) is 0 Å². The molecule has 2 aromatic rings. The number of hydrogen-bond donors (Lipinski definition) is 1. The highest BCUT2D eigenvalue weighted by atomic mass is 79.9. The van der Waals surface area contributed by atoms with Gasteiger partial charge in [-0.05, 0) is 69.9 Å². The zero-order valence-corrected chi connectivity index (χ0v) is 16.3. The molecule has 1 aliphatic rings. The normalized spacial score (nSPS) is 16.4. The van der Waals surface area contributed by atoms with Gasteiger partial charge in [-0.25, -0.2) is 0 Å². The van der Waals surface area contributed by atoms with Crippen LogP contribution in [0.15, 0.2) is 46.9 Å². The van der Waals surface area contributed by atoms with E-state index in [0.29, 0.717) is 11.7 Å². The molecule has 0 bridgehead atoms. The van der Waals surface area contributed by atoms with E-state index in [4.69, 9.17) is 4.74 Å². The number of hydrogen-bond acceptors (Lipinski definition) is 2. The summed E-state index contributed by atoms with van der Waals surface area (Å²) < 4.78 is 6.59. The zero-order valence-electron chi connectivity index (χ0n) is 14.7. The number of aryl methyl sites for hydroxylation is 1. The first-order chi connectivity index (χ1) is 12.0. The molecule has 1 aliphatic carbocycles. The highest BCUT2D eigenvalue weighted by Crippen LogP contribution is 2.30.